The predicted octanol–water partition coefficient (Wildman–Crippen LogP) is 7.67. The molecule has 0 radical (unpaired) electrons. The Balaban J connectivity index is 3.00. The molecule has 0 aromatic heterocycles. The van der Waals surface area contributed by atoms with Crippen LogP contribution in [0.3, 0.4) is 0 Å². The maximum absolute atomic E-state index is 10.4. The average molecular weight is 339 g/mol. The number of hydrogen-bond acceptors (Lipinski definition) is 1. The molecule has 0 fully saturated rings. The predicted molar refractivity (Wildman–Crippen MR) is 106 cm³/mol. The highest BCUT2D eigenvalue weighted by atomic mass is 16.4. The van der Waals surface area contributed by atoms with Crippen molar-refractivity contribution < 1.29 is 9.90 Å². The van der Waals surface area contributed by atoms with Crippen LogP contribution in [0.15, 0.2) is 12.2 Å². The molecule has 0 saturated carbocycles. The van der Waals surface area contributed by atoms with Crippen molar-refractivity contribution in [3.8, 4) is 0 Å². The van der Waals surface area contributed by atoms with Gasteiger partial charge < -0.3 is 5.11 Å². The zero-order valence-electron chi connectivity index (χ0n) is 16.2. The largest absolute Gasteiger partial charge is 0.481 e. The molecule has 24 heavy (non-hydrogen) atoms. The summed E-state index contributed by atoms with van der Waals surface area (Å²) in [5, 5.41) is 8.55. The highest BCUT2D eigenvalue weighted by Gasteiger charge is 1.97. The molecule has 0 aliphatic rings. The Kier molecular flexibility index (Phi) is 19.6. The molecule has 2 heteroatoms. The Hall–Kier alpha value is -0.790. The SMILES string of the molecule is CC/C=C/CCCCCCCCCCCCCCCCCC(=O)O. The van der Waals surface area contributed by atoms with Gasteiger partial charge in [-0.15, -0.1) is 0 Å². The van der Waals surface area contributed by atoms with Crippen molar-refractivity contribution in [3.05, 3.63) is 12.2 Å². The molecular formula is C22H42O2. The van der Waals surface area contributed by atoms with Gasteiger partial charge in [0.1, 0.15) is 0 Å². The number of unbranched alkanes of at least 4 members (excludes halogenated alkanes) is 15. The number of carboxylic acid groups (broad SMARTS) is 1. The normalized spacial score (nSPS) is 11.4. The minimum Gasteiger partial charge on any atom is -0.481 e. The molecule has 0 amide bonds. The fraction of sp³-hybridized carbons (Fsp3) is 0.864. The first-order valence-electron chi connectivity index (χ1n) is 10.6. The first-order chi connectivity index (χ1) is 11.8. The fourth-order valence-electron chi connectivity index (χ4n) is 3.12. The van der Waals surface area contributed by atoms with Crippen molar-refractivity contribution in [1.29, 1.82) is 0 Å². The smallest absolute Gasteiger partial charge is 0.303 e. The maximum atomic E-state index is 10.4. The van der Waals surface area contributed by atoms with Crippen LogP contribution in [0.2, 0.25) is 0 Å². The van der Waals surface area contributed by atoms with E-state index in [1.807, 2.05) is 0 Å². The Labute approximate surface area is 151 Å². The van der Waals surface area contributed by atoms with Crippen LogP contribution in [0.4, 0.5) is 0 Å². The summed E-state index contributed by atoms with van der Waals surface area (Å²) in [7, 11) is 0. The third-order valence-corrected chi connectivity index (χ3v) is 4.66. The highest BCUT2D eigenvalue weighted by Crippen LogP contribution is 2.14. The van der Waals surface area contributed by atoms with E-state index in [0.717, 1.165) is 12.8 Å². The third kappa shape index (κ3) is 21.2. The highest BCUT2D eigenvalue weighted by molar-refractivity contribution is 5.66. The summed E-state index contributed by atoms with van der Waals surface area (Å²) in [5.41, 5.74) is 0. The molecule has 0 aromatic rings. The average Bonchev–Trinajstić information content (AvgIpc) is 2.56. The van der Waals surface area contributed by atoms with Crippen molar-refractivity contribution in [2.75, 3.05) is 0 Å². The van der Waals surface area contributed by atoms with Crippen molar-refractivity contribution in [2.45, 2.75) is 122 Å². The van der Waals surface area contributed by atoms with Gasteiger partial charge in [-0.2, -0.15) is 0 Å². The van der Waals surface area contributed by atoms with Gasteiger partial charge in [0, 0.05) is 6.42 Å². The van der Waals surface area contributed by atoms with Crippen LogP contribution in [0.25, 0.3) is 0 Å². The molecule has 1 N–H and O–H groups in total. The second-order valence-corrected chi connectivity index (χ2v) is 7.12. The van der Waals surface area contributed by atoms with E-state index in [2.05, 4.69) is 19.1 Å². The first-order valence-corrected chi connectivity index (χ1v) is 10.6. The second-order valence-electron chi connectivity index (χ2n) is 7.12. The van der Waals surface area contributed by atoms with E-state index in [-0.39, 0.29) is 0 Å². The van der Waals surface area contributed by atoms with Gasteiger partial charge in [0.05, 0.1) is 0 Å². The lowest BCUT2D eigenvalue weighted by Crippen LogP contribution is -1.93. The number of aliphatic carboxylic acids is 1. The fourth-order valence-corrected chi connectivity index (χ4v) is 3.12. The Morgan fingerprint density at radius 1 is 0.625 bits per heavy atom. The molecule has 2 nitrogen and oxygen atoms in total. The van der Waals surface area contributed by atoms with Gasteiger partial charge in [0.2, 0.25) is 0 Å². The lowest BCUT2D eigenvalue weighted by atomic mass is 10.0. The number of carbonyl (C=O) groups is 1. The molecule has 0 bridgehead atoms. The van der Waals surface area contributed by atoms with E-state index in [9.17, 15) is 4.79 Å². The van der Waals surface area contributed by atoms with Gasteiger partial charge in [-0.25, -0.2) is 0 Å². The maximum Gasteiger partial charge on any atom is 0.303 e. The standard InChI is InChI=1S/C22H42O2/c1-2-3-4-5-6-7-8-9-10-11-12-13-14-15-16-17-18-19-20-21-22(23)24/h3-4H,2,5-21H2,1H3,(H,23,24)/b4-3+. The minimum absolute atomic E-state index is 0.343. The molecule has 0 saturated heterocycles. The van der Waals surface area contributed by atoms with Crippen LogP contribution < -0.4 is 0 Å². The summed E-state index contributed by atoms with van der Waals surface area (Å²) in [6, 6.07) is 0. The molecule has 142 valence electrons. The minimum atomic E-state index is -0.654. The van der Waals surface area contributed by atoms with E-state index < -0.39 is 5.97 Å². The number of hydrogen-bond donors (Lipinski definition) is 1. The van der Waals surface area contributed by atoms with Gasteiger partial charge >= 0.3 is 5.97 Å². The zero-order valence-corrected chi connectivity index (χ0v) is 16.2. The molecule has 0 aliphatic heterocycles. The molecule has 0 rings (SSSR count). The van der Waals surface area contributed by atoms with Crippen LogP contribution >= 0.6 is 0 Å². The lowest BCUT2D eigenvalue weighted by Gasteiger charge is -2.03. The van der Waals surface area contributed by atoms with Crippen molar-refractivity contribution in [2.24, 2.45) is 0 Å². The summed E-state index contributed by atoms with van der Waals surface area (Å²) >= 11 is 0. The molecule has 0 spiro atoms. The second kappa shape index (κ2) is 20.3. The van der Waals surface area contributed by atoms with Gasteiger partial charge in [-0.3, -0.25) is 4.79 Å². The molecule has 0 unspecified atom stereocenters. The van der Waals surface area contributed by atoms with E-state index in [1.54, 1.807) is 0 Å². The summed E-state index contributed by atoms with van der Waals surface area (Å²) in [4.78, 5) is 10.4. The molecule has 0 aromatic carbocycles. The number of rotatable bonds is 19. The van der Waals surface area contributed by atoms with Crippen LogP contribution in [-0.2, 0) is 4.79 Å². The quantitative estimate of drug-likeness (QED) is 0.194. The number of carboxylic acids is 1. The molecule has 0 atom stereocenters. The van der Waals surface area contributed by atoms with Crippen LogP contribution in [0, 0.1) is 0 Å². The van der Waals surface area contributed by atoms with Gasteiger partial charge in [0.25, 0.3) is 0 Å². The third-order valence-electron chi connectivity index (χ3n) is 4.66. The van der Waals surface area contributed by atoms with Gasteiger partial charge in [-0.05, 0) is 25.7 Å². The Bertz CT molecular complexity index is 284. The van der Waals surface area contributed by atoms with Gasteiger partial charge in [-0.1, -0.05) is 103 Å². The monoisotopic (exact) mass is 338 g/mol. The van der Waals surface area contributed by atoms with Crippen molar-refractivity contribution in [1.82, 2.24) is 0 Å². The number of allylic oxidation sites excluding steroid dienone is 2. The molecule has 0 aliphatic carbocycles. The summed E-state index contributed by atoms with van der Waals surface area (Å²) in [6.07, 6.45) is 27.2. The van der Waals surface area contributed by atoms with Crippen LogP contribution in [0.5, 0.6) is 0 Å². The van der Waals surface area contributed by atoms with E-state index >= 15 is 0 Å². The topological polar surface area (TPSA) is 37.3 Å². The Morgan fingerprint density at radius 3 is 1.38 bits per heavy atom. The first kappa shape index (κ1) is 23.2. The van der Waals surface area contributed by atoms with Gasteiger partial charge in [0.15, 0.2) is 0 Å². The zero-order chi connectivity index (χ0) is 17.7. The lowest BCUT2D eigenvalue weighted by molar-refractivity contribution is -0.137. The van der Waals surface area contributed by atoms with Crippen molar-refractivity contribution >= 4 is 5.97 Å². The van der Waals surface area contributed by atoms with Crippen LogP contribution in [-0.4, -0.2) is 11.1 Å². The van der Waals surface area contributed by atoms with Crippen molar-refractivity contribution in [3.63, 3.8) is 0 Å². The Morgan fingerprint density at radius 2 is 1.00 bits per heavy atom. The summed E-state index contributed by atoms with van der Waals surface area (Å²) in [6.45, 7) is 2.20. The summed E-state index contributed by atoms with van der Waals surface area (Å²) < 4.78 is 0. The molecule has 0 heterocycles. The van der Waals surface area contributed by atoms with E-state index in [4.69, 9.17) is 5.11 Å². The van der Waals surface area contributed by atoms with E-state index in [1.165, 1.54) is 96.3 Å². The molecular weight excluding hydrogens is 296 g/mol. The van der Waals surface area contributed by atoms with Crippen LogP contribution in [0.1, 0.15) is 122 Å². The van der Waals surface area contributed by atoms with E-state index in [0.29, 0.717) is 6.42 Å². The summed E-state index contributed by atoms with van der Waals surface area (Å²) in [5.74, 6) is -0.654.